The summed E-state index contributed by atoms with van der Waals surface area (Å²) in [6, 6.07) is 8.42. The molecule has 2 aliphatic carbocycles. The molecular formula is C25H36FN2+. The Labute approximate surface area is 170 Å². The van der Waals surface area contributed by atoms with Crippen LogP contribution in [0.3, 0.4) is 0 Å². The monoisotopic (exact) mass is 383 g/mol. The molecule has 0 radical (unpaired) electrons. The van der Waals surface area contributed by atoms with Gasteiger partial charge < -0.3 is 9.38 Å². The summed E-state index contributed by atoms with van der Waals surface area (Å²) < 4.78 is 15.2. The van der Waals surface area contributed by atoms with Crippen molar-refractivity contribution in [2.75, 3.05) is 32.1 Å². The van der Waals surface area contributed by atoms with Gasteiger partial charge in [0.05, 0.1) is 26.7 Å². The van der Waals surface area contributed by atoms with Crippen LogP contribution in [-0.4, -0.2) is 43.8 Å². The maximum Gasteiger partial charge on any atom is 0.125 e. The normalized spacial score (nSPS) is 29.1. The summed E-state index contributed by atoms with van der Waals surface area (Å²) in [7, 11) is 4.77. The number of likely N-dealkylation sites (tertiary alicyclic amines) is 1. The van der Waals surface area contributed by atoms with E-state index in [1.54, 1.807) is 23.3 Å². The minimum absolute atomic E-state index is 0.126. The average molecular weight is 384 g/mol. The Balaban J connectivity index is 1.54. The lowest BCUT2D eigenvalue weighted by molar-refractivity contribution is -0.920. The molecule has 0 bridgehead atoms. The Morgan fingerprint density at radius 1 is 1.14 bits per heavy atom. The van der Waals surface area contributed by atoms with E-state index in [2.05, 4.69) is 44.1 Å². The van der Waals surface area contributed by atoms with Crippen LogP contribution in [-0.2, 0) is 0 Å². The first-order valence-corrected chi connectivity index (χ1v) is 11.2. The van der Waals surface area contributed by atoms with Crippen molar-refractivity contribution in [3.05, 3.63) is 53.4 Å². The minimum Gasteiger partial charge on any atom is -0.368 e. The lowest BCUT2D eigenvalue weighted by Crippen LogP contribution is -2.53. The predicted molar refractivity (Wildman–Crippen MR) is 116 cm³/mol. The Morgan fingerprint density at radius 2 is 1.96 bits per heavy atom. The van der Waals surface area contributed by atoms with Crippen molar-refractivity contribution in [3.8, 4) is 0 Å². The van der Waals surface area contributed by atoms with Crippen LogP contribution < -0.4 is 4.90 Å². The van der Waals surface area contributed by atoms with E-state index in [9.17, 15) is 4.39 Å². The Morgan fingerprint density at radius 3 is 2.75 bits per heavy atom. The standard InChI is InChI=1S/C25H36FN2/c1-19-10-11-20-16-24(17-21(20)15-19)27(23-8-6-7-22(26)18-23)13-12-25-9-4-5-14-28(25,2)3/h6-8,11,15,18-19,24-25H,4-5,9-10,12-14,16-17H2,1-3H3/q+1. The van der Waals surface area contributed by atoms with Crippen LogP contribution >= 0.6 is 0 Å². The van der Waals surface area contributed by atoms with Gasteiger partial charge in [0, 0.05) is 24.7 Å². The van der Waals surface area contributed by atoms with E-state index >= 15 is 0 Å². The van der Waals surface area contributed by atoms with Crippen molar-refractivity contribution in [1.82, 2.24) is 0 Å². The molecule has 0 amide bonds. The SMILES string of the molecule is CC1C=C2CC(N(CCC3CCCC[N+]3(C)C)c3cccc(F)c3)CC2=CC1. The van der Waals surface area contributed by atoms with E-state index in [0.29, 0.717) is 18.0 Å². The highest BCUT2D eigenvalue weighted by Gasteiger charge is 2.34. The Hall–Kier alpha value is -1.61. The zero-order chi connectivity index (χ0) is 19.7. The van der Waals surface area contributed by atoms with Gasteiger partial charge in [-0.25, -0.2) is 4.39 Å². The summed E-state index contributed by atoms with van der Waals surface area (Å²) in [5, 5.41) is 0. The van der Waals surface area contributed by atoms with E-state index < -0.39 is 0 Å². The van der Waals surface area contributed by atoms with Crippen LogP contribution in [0, 0.1) is 11.7 Å². The van der Waals surface area contributed by atoms with Crippen molar-refractivity contribution < 1.29 is 8.87 Å². The molecule has 3 aliphatic rings. The molecule has 1 saturated heterocycles. The van der Waals surface area contributed by atoms with Gasteiger partial charge in [-0.1, -0.05) is 25.1 Å². The molecule has 0 aromatic heterocycles. The molecule has 1 aromatic carbocycles. The third kappa shape index (κ3) is 4.20. The highest BCUT2D eigenvalue weighted by Crippen LogP contribution is 2.40. The van der Waals surface area contributed by atoms with Crippen LogP contribution in [0.1, 0.15) is 51.9 Å². The topological polar surface area (TPSA) is 3.24 Å². The number of fused-ring (bicyclic) bond motifs is 1. The van der Waals surface area contributed by atoms with Crippen molar-refractivity contribution in [2.45, 2.75) is 64.0 Å². The summed E-state index contributed by atoms with van der Waals surface area (Å²) in [5.74, 6) is 0.527. The van der Waals surface area contributed by atoms with Crippen LogP contribution in [0.25, 0.3) is 0 Å². The average Bonchev–Trinajstić information content (AvgIpc) is 3.05. The molecule has 1 aliphatic heterocycles. The highest BCUT2D eigenvalue weighted by atomic mass is 19.1. The molecule has 28 heavy (non-hydrogen) atoms. The van der Waals surface area contributed by atoms with E-state index in [4.69, 9.17) is 0 Å². The molecule has 3 atom stereocenters. The van der Waals surface area contributed by atoms with Gasteiger partial charge in [0.15, 0.2) is 0 Å². The Kier molecular flexibility index (Phi) is 5.64. The number of allylic oxidation sites excluding steroid dienone is 2. The number of anilines is 1. The van der Waals surface area contributed by atoms with E-state index in [0.717, 1.165) is 29.6 Å². The van der Waals surface area contributed by atoms with Gasteiger partial charge in [-0.2, -0.15) is 0 Å². The second kappa shape index (κ2) is 8.02. The number of piperidine rings is 1. The molecule has 152 valence electrons. The maximum atomic E-state index is 14.0. The van der Waals surface area contributed by atoms with Gasteiger partial charge in [-0.3, -0.25) is 0 Å². The number of hydrogen-bond donors (Lipinski definition) is 0. The van der Waals surface area contributed by atoms with Crippen molar-refractivity contribution in [1.29, 1.82) is 0 Å². The van der Waals surface area contributed by atoms with E-state index in [1.165, 1.54) is 38.6 Å². The number of benzene rings is 1. The molecule has 2 fully saturated rings. The van der Waals surface area contributed by atoms with Gasteiger partial charge in [-0.15, -0.1) is 0 Å². The summed E-state index contributed by atoms with van der Waals surface area (Å²) in [4.78, 5) is 2.52. The highest BCUT2D eigenvalue weighted by molar-refractivity contribution is 5.51. The number of nitrogens with zero attached hydrogens (tertiary/aromatic N) is 2. The third-order valence-corrected chi connectivity index (χ3v) is 7.34. The van der Waals surface area contributed by atoms with Gasteiger partial charge in [0.1, 0.15) is 5.82 Å². The predicted octanol–water partition coefficient (Wildman–Crippen LogP) is 5.71. The van der Waals surface area contributed by atoms with Crippen LogP contribution in [0.5, 0.6) is 0 Å². The smallest absolute Gasteiger partial charge is 0.125 e. The van der Waals surface area contributed by atoms with Gasteiger partial charge in [0.2, 0.25) is 0 Å². The molecule has 1 saturated carbocycles. The fraction of sp³-hybridized carbons (Fsp3) is 0.600. The molecule has 2 nitrogen and oxygen atoms in total. The maximum absolute atomic E-state index is 14.0. The molecule has 0 N–H and O–H groups in total. The molecule has 3 heteroatoms. The number of hydrogen-bond acceptors (Lipinski definition) is 1. The molecule has 3 unspecified atom stereocenters. The summed E-state index contributed by atoms with van der Waals surface area (Å²) in [5.41, 5.74) is 4.14. The molecule has 1 heterocycles. The van der Waals surface area contributed by atoms with Gasteiger partial charge in [0.25, 0.3) is 0 Å². The fourth-order valence-electron chi connectivity index (χ4n) is 5.58. The molecule has 4 rings (SSSR count). The first-order valence-electron chi connectivity index (χ1n) is 11.2. The Bertz CT molecular complexity index is 764. The largest absolute Gasteiger partial charge is 0.368 e. The zero-order valence-electron chi connectivity index (χ0n) is 17.8. The lowest BCUT2D eigenvalue weighted by atomic mass is 9.94. The minimum atomic E-state index is -0.126. The quantitative estimate of drug-likeness (QED) is 0.589. The van der Waals surface area contributed by atoms with Crippen molar-refractivity contribution in [3.63, 3.8) is 0 Å². The molecule has 0 spiro atoms. The first-order chi connectivity index (χ1) is 13.4. The van der Waals surface area contributed by atoms with Crippen molar-refractivity contribution >= 4 is 5.69 Å². The van der Waals surface area contributed by atoms with E-state index in [1.807, 2.05) is 6.07 Å². The van der Waals surface area contributed by atoms with Gasteiger partial charge >= 0.3 is 0 Å². The summed E-state index contributed by atoms with van der Waals surface area (Å²) in [6.07, 6.45) is 13.5. The number of quaternary nitrogens is 1. The molecule has 1 aromatic rings. The van der Waals surface area contributed by atoms with E-state index in [-0.39, 0.29) is 5.82 Å². The second-order valence-electron chi connectivity index (χ2n) is 9.81. The summed E-state index contributed by atoms with van der Waals surface area (Å²) >= 11 is 0. The van der Waals surface area contributed by atoms with Crippen molar-refractivity contribution in [2.24, 2.45) is 5.92 Å². The van der Waals surface area contributed by atoms with Crippen LogP contribution in [0.15, 0.2) is 47.6 Å². The fourth-order valence-corrected chi connectivity index (χ4v) is 5.58. The first kappa shape index (κ1) is 19.7. The third-order valence-electron chi connectivity index (χ3n) is 7.34. The summed E-state index contributed by atoms with van der Waals surface area (Å²) in [6.45, 7) is 4.61. The number of rotatable bonds is 5. The van der Waals surface area contributed by atoms with Gasteiger partial charge in [-0.05, 0) is 73.8 Å². The van der Waals surface area contributed by atoms with Crippen LogP contribution in [0.4, 0.5) is 10.1 Å². The second-order valence-corrected chi connectivity index (χ2v) is 9.81. The molecular weight excluding hydrogens is 347 g/mol. The number of halogens is 1. The lowest BCUT2D eigenvalue weighted by Gasteiger charge is -2.43. The zero-order valence-corrected chi connectivity index (χ0v) is 17.8. The van der Waals surface area contributed by atoms with Crippen LogP contribution in [0.2, 0.25) is 0 Å².